The van der Waals surface area contributed by atoms with Crippen LogP contribution in [0.25, 0.3) is 0 Å². The molecule has 0 unspecified atom stereocenters. The summed E-state index contributed by atoms with van der Waals surface area (Å²) in [6.07, 6.45) is 12.0. The monoisotopic (exact) mass is 314 g/mol. The molecule has 1 rings (SSSR count). The number of para-hydroxylation sites is 1. The van der Waals surface area contributed by atoms with Gasteiger partial charge in [-0.25, -0.2) is 0 Å². The van der Waals surface area contributed by atoms with Crippen molar-refractivity contribution in [1.29, 1.82) is 0 Å². The van der Waals surface area contributed by atoms with Crippen LogP contribution in [0.1, 0.15) is 71.1 Å². The third kappa shape index (κ3) is 16.1. The predicted octanol–water partition coefficient (Wildman–Crippen LogP) is 5.46. The van der Waals surface area contributed by atoms with E-state index in [4.69, 9.17) is 5.11 Å². The molecule has 1 aromatic rings. The Labute approximate surface area is 154 Å². The van der Waals surface area contributed by atoms with Gasteiger partial charge in [-0.1, -0.05) is 25.1 Å². The van der Waals surface area contributed by atoms with Crippen molar-refractivity contribution >= 4 is 33.7 Å². The van der Waals surface area contributed by atoms with Gasteiger partial charge in [0.05, 0.1) is 0 Å². The SMILES string of the molecule is CCCC(=O)CCCCCCCC[CH2][Na].Oc1ccccc1. The van der Waals surface area contributed by atoms with E-state index in [1.54, 1.807) is 24.3 Å². The Kier molecular flexibility index (Phi) is 16.8. The maximum absolute atomic E-state index is 11.2. The molecule has 2 nitrogen and oxygen atoms in total. The van der Waals surface area contributed by atoms with Gasteiger partial charge in [0.2, 0.25) is 0 Å². The van der Waals surface area contributed by atoms with Crippen molar-refractivity contribution in [3.63, 3.8) is 0 Å². The molecule has 0 radical (unpaired) electrons. The second kappa shape index (κ2) is 17.1. The average Bonchev–Trinajstić information content (AvgIpc) is 2.52. The van der Waals surface area contributed by atoms with E-state index in [-0.39, 0.29) is 0 Å². The fourth-order valence-corrected chi connectivity index (χ4v) is 2.79. The Morgan fingerprint density at radius 2 is 1.45 bits per heavy atom. The Morgan fingerprint density at radius 3 is 1.91 bits per heavy atom. The molecule has 0 amide bonds. The van der Waals surface area contributed by atoms with Crippen molar-refractivity contribution in [3.8, 4) is 5.75 Å². The number of ketones is 1. The number of carbonyl (C=O) groups is 1. The summed E-state index contributed by atoms with van der Waals surface area (Å²) in [6, 6.07) is 8.71. The van der Waals surface area contributed by atoms with Crippen LogP contribution in [-0.2, 0) is 4.79 Å². The van der Waals surface area contributed by atoms with Crippen molar-refractivity contribution in [2.45, 2.75) is 74.8 Å². The van der Waals surface area contributed by atoms with Gasteiger partial charge in [-0.2, -0.15) is 0 Å². The molecule has 0 heterocycles. The minimum absolute atomic E-state index is 0.322. The molecule has 22 heavy (non-hydrogen) atoms. The van der Waals surface area contributed by atoms with Crippen LogP contribution in [0.4, 0.5) is 0 Å². The summed E-state index contributed by atoms with van der Waals surface area (Å²) in [5.74, 6) is 0.788. The normalized spacial score (nSPS) is 9.95. The third-order valence-electron chi connectivity index (χ3n) is 3.59. The fraction of sp³-hybridized carbons (Fsp3) is 0.632. The minimum Gasteiger partial charge on any atom is -0.508 e. The summed E-state index contributed by atoms with van der Waals surface area (Å²) in [6.45, 7) is 2.08. The number of phenols is 1. The molecule has 1 aromatic carbocycles. The van der Waals surface area contributed by atoms with Crippen molar-refractivity contribution in [3.05, 3.63) is 30.3 Å². The van der Waals surface area contributed by atoms with Gasteiger partial charge in [-0.3, -0.25) is 0 Å². The van der Waals surface area contributed by atoms with E-state index in [9.17, 15) is 4.79 Å². The summed E-state index contributed by atoms with van der Waals surface area (Å²) >= 11 is 1.37. The zero-order valence-corrected chi connectivity index (χ0v) is 16.5. The van der Waals surface area contributed by atoms with Crippen LogP contribution in [0.15, 0.2) is 30.3 Å². The molecule has 0 aliphatic rings. The smallest absolute Gasteiger partial charge is 0.115 e. The molecule has 0 aliphatic carbocycles. The van der Waals surface area contributed by atoms with Crippen LogP contribution < -0.4 is 0 Å². The number of phenolic OH excluding ortho intramolecular Hbond substituents is 1. The quantitative estimate of drug-likeness (QED) is 0.435. The third-order valence-corrected chi connectivity index (χ3v) is 4.30. The summed E-state index contributed by atoms with van der Waals surface area (Å²) in [7, 11) is 0. The van der Waals surface area contributed by atoms with E-state index in [0.29, 0.717) is 11.5 Å². The Hall–Kier alpha value is -0.310. The van der Waals surface area contributed by atoms with Gasteiger partial charge in [0.1, 0.15) is 5.75 Å². The number of carbonyl (C=O) groups excluding carboxylic acids is 1. The van der Waals surface area contributed by atoms with Crippen LogP contribution in [0.2, 0.25) is 3.67 Å². The Morgan fingerprint density at radius 1 is 0.909 bits per heavy atom. The van der Waals surface area contributed by atoms with Gasteiger partial charge >= 0.3 is 106 Å². The molecule has 0 bridgehead atoms. The standard InChI is InChI=1S/C13H25O.C6H6O.Na/c1-3-5-6-7-8-9-10-12-13(14)11-4-2;7-6-4-2-1-3-5-6;/h1,3-12H2,2H3;1-5,7H;. The van der Waals surface area contributed by atoms with Crippen LogP contribution in [0.5, 0.6) is 5.75 Å². The van der Waals surface area contributed by atoms with Crippen molar-refractivity contribution in [1.82, 2.24) is 0 Å². The molecule has 1 N–H and O–H groups in total. The first-order chi connectivity index (χ1) is 10.7. The van der Waals surface area contributed by atoms with Gasteiger partial charge in [0, 0.05) is 0 Å². The number of Topliss-reactive ketones (excluding diaryl/α,β-unsaturated/α-hetero) is 1. The second-order valence-electron chi connectivity index (χ2n) is 5.85. The minimum atomic E-state index is 0.322. The first kappa shape index (κ1) is 21.7. The van der Waals surface area contributed by atoms with E-state index >= 15 is 0 Å². The van der Waals surface area contributed by atoms with E-state index < -0.39 is 0 Å². The molecular weight excluding hydrogens is 283 g/mol. The summed E-state index contributed by atoms with van der Waals surface area (Å²) in [5.41, 5.74) is 0. The summed E-state index contributed by atoms with van der Waals surface area (Å²) in [4.78, 5) is 11.2. The van der Waals surface area contributed by atoms with Gasteiger partial charge in [0.15, 0.2) is 0 Å². The molecule has 0 aromatic heterocycles. The van der Waals surface area contributed by atoms with Crippen molar-refractivity contribution in [2.75, 3.05) is 0 Å². The van der Waals surface area contributed by atoms with Crippen molar-refractivity contribution < 1.29 is 9.90 Å². The van der Waals surface area contributed by atoms with Gasteiger partial charge < -0.3 is 5.11 Å². The topological polar surface area (TPSA) is 37.3 Å². The van der Waals surface area contributed by atoms with Crippen molar-refractivity contribution in [2.24, 2.45) is 0 Å². The van der Waals surface area contributed by atoms with E-state index in [2.05, 4.69) is 6.92 Å². The molecule has 0 spiro atoms. The maximum Gasteiger partial charge on any atom is 0.115 e. The van der Waals surface area contributed by atoms with Crippen LogP contribution in [0, 0.1) is 0 Å². The summed E-state index contributed by atoms with van der Waals surface area (Å²) in [5, 5.41) is 8.63. The first-order valence-electron chi connectivity index (χ1n) is 8.96. The van der Waals surface area contributed by atoms with E-state index in [0.717, 1.165) is 25.7 Å². The van der Waals surface area contributed by atoms with Crippen LogP contribution in [-0.4, -0.2) is 38.8 Å². The largest absolute Gasteiger partial charge is 0.508 e. The van der Waals surface area contributed by atoms with Gasteiger partial charge in [0.25, 0.3) is 0 Å². The molecular formula is C19H31NaO2. The van der Waals surface area contributed by atoms with E-state index in [1.165, 1.54) is 70.1 Å². The number of benzene rings is 1. The Balaban J connectivity index is 0.000000518. The van der Waals surface area contributed by atoms with Gasteiger partial charge in [-0.15, -0.1) is 0 Å². The maximum atomic E-state index is 11.2. The van der Waals surface area contributed by atoms with E-state index in [1.807, 2.05) is 6.07 Å². The first-order valence-corrected chi connectivity index (χ1v) is 10.4. The number of hydrogen-bond acceptors (Lipinski definition) is 2. The second-order valence-corrected chi connectivity index (χ2v) is 6.85. The fourth-order valence-electron chi connectivity index (χ4n) is 2.29. The molecule has 0 aliphatic heterocycles. The molecule has 0 saturated carbocycles. The zero-order valence-electron chi connectivity index (χ0n) is 14.5. The number of unbranched alkanes of at least 4 members (excludes halogenated alkanes) is 6. The van der Waals surface area contributed by atoms with Crippen LogP contribution >= 0.6 is 0 Å². The Bertz CT molecular complexity index is 352. The number of aromatic hydroxyl groups is 1. The van der Waals surface area contributed by atoms with Crippen LogP contribution in [0.3, 0.4) is 0 Å². The summed E-state index contributed by atoms with van der Waals surface area (Å²) < 4.78 is 1.46. The molecule has 120 valence electrons. The average molecular weight is 314 g/mol. The zero-order chi connectivity index (χ0) is 16.5. The molecule has 3 heteroatoms. The number of hydrogen-bond donors (Lipinski definition) is 1. The number of rotatable bonds is 11. The molecule has 0 fully saturated rings. The molecule has 0 saturated heterocycles. The molecule has 0 atom stereocenters. The predicted molar refractivity (Wildman–Crippen MR) is 95.5 cm³/mol. The van der Waals surface area contributed by atoms with Gasteiger partial charge in [-0.05, 0) is 12.1 Å².